The lowest BCUT2D eigenvalue weighted by atomic mass is 10.1. The Morgan fingerprint density at radius 1 is 1.29 bits per heavy atom. The maximum atomic E-state index is 11.7. The number of likely N-dealkylation sites (tertiary alicyclic amines) is 1. The Balaban J connectivity index is 1.93. The Morgan fingerprint density at radius 3 is 2.52 bits per heavy atom. The van der Waals surface area contributed by atoms with Crippen LogP contribution in [-0.2, 0) is 23.9 Å². The molecule has 1 rings (SSSR count). The van der Waals surface area contributed by atoms with Gasteiger partial charge in [0.2, 0.25) is 11.8 Å². The van der Waals surface area contributed by atoms with Crippen LogP contribution in [0, 0.1) is 5.92 Å². The van der Waals surface area contributed by atoms with Crippen molar-refractivity contribution in [3.63, 3.8) is 0 Å². The molecule has 21 heavy (non-hydrogen) atoms. The van der Waals surface area contributed by atoms with Crippen LogP contribution in [0.15, 0.2) is 0 Å². The van der Waals surface area contributed by atoms with Crippen LogP contribution in [0.25, 0.3) is 0 Å². The van der Waals surface area contributed by atoms with Gasteiger partial charge in [-0.3, -0.25) is 14.4 Å². The molecular formula is C13H22N2O6. The first-order chi connectivity index (χ1) is 10.0. The number of rotatable bonds is 10. The molecule has 1 saturated heterocycles. The summed E-state index contributed by atoms with van der Waals surface area (Å²) in [6.45, 7) is 2.03. The van der Waals surface area contributed by atoms with Crippen molar-refractivity contribution >= 4 is 17.8 Å². The smallest absolute Gasteiger partial charge is 0.305 e. The second kappa shape index (κ2) is 9.30. The summed E-state index contributed by atoms with van der Waals surface area (Å²) in [6, 6.07) is 0. The molecule has 0 spiro atoms. The molecule has 8 nitrogen and oxygen atoms in total. The molecular weight excluding hydrogens is 280 g/mol. The van der Waals surface area contributed by atoms with E-state index in [1.807, 2.05) is 0 Å². The minimum absolute atomic E-state index is 0.00934. The fourth-order valence-corrected chi connectivity index (χ4v) is 1.91. The molecule has 8 heteroatoms. The molecule has 0 aliphatic carbocycles. The van der Waals surface area contributed by atoms with Crippen LogP contribution in [0.5, 0.6) is 0 Å². The van der Waals surface area contributed by atoms with Crippen LogP contribution < -0.4 is 5.32 Å². The van der Waals surface area contributed by atoms with E-state index in [0.717, 1.165) is 0 Å². The highest BCUT2D eigenvalue weighted by atomic mass is 16.5. The third kappa shape index (κ3) is 7.05. The van der Waals surface area contributed by atoms with E-state index < -0.39 is 5.97 Å². The number of hydrogen-bond acceptors (Lipinski definition) is 5. The van der Waals surface area contributed by atoms with E-state index in [1.54, 1.807) is 11.9 Å². The van der Waals surface area contributed by atoms with Crippen LogP contribution in [0.2, 0.25) is 0 Å². The van der Waals surface area contributed by atoms with Gasteiger partial charge in [-0.2, -0.15) is 0 Å². The number of nitrogens with zero attached hydrogens (tertiary/aromatic N) is 1. The zero-order valence-electron chi connectivity index (χ0n) is 12.2. The van der Waals surface area contributed by atoms with Gasteiger partial charge in [0.1, 0.15) is 0 Å². The van der Waals surface area contributed by atoms with E-state index in [4.69, 9.17) is 14.6 Å². The fraction of sp³-hybridized carbons (Fsp3) is 0.769. The second-order valence-corrected chi connectivity index (χ2v) is 4.83. The molecule has 0 radical (unpaired) electrons. The number of hydrogen-bond donors (Lipinski definition) is 2. The van der Waals surface area contributed by atoms with Crippen LogP contribution in [0.1, 0.15) is 12.8 Å². The SMILES string of the molecule is CN1CC(C(=O)NCCOCCOCCC(=O)O)CC1=O. The van der Waals surface area contributed by atoms with Gasteiger partial charge in [0.05, 0.1) is 38.8 Å². The summed E-state index contributed by atoms with van der Waals surface area (Å²) in [5, 5.41) is 11.1. The summed E-state index contributed by atoms with van der Waals surface area (Å²) in [6.07, 6.45) is 0.241. The van der Waals surface area contributed by atoms with Gasteiger partial charge >= 0.3 is 5.97 Å². The minimum Gasteiger partial charge on any atom is -0.481 e. The zero-order chi connectivity index (χ0) is 15.7. The largest absolute Gasteiger partial charge is 0.481 e. The Bertz CT molecular complexity index is 374. The van der Waals surface area contributed by atoms with Crippen molar-refractivity contribution in [1.82, 2.24) is 10.2 Å². The molecule has 1 atom stereocenters. The summed E-state index contributed by atoms with van der Waals surface area (Å²) in [5.41, 5.74) is 0. The van der Waals surface area contributed by atoms with Gasteiger partial charge in [0.25, 0.3) is 0 Å². The Kier molecular flexibility index (Phi) is 7.70. The number of carbonyl (C=O) groups is 3. The number of carboxylic acid groups (broad SMARTS) is 1. The van der Waals surface area contributed by atoms with Crippen molar-refractivity contribution in [2.24, 2.45) is 5.92 Å². The van der Waals surface area contributed by atoms with Gasteiger partial charge in [0.15, 0.2) is 0 Å². The molecule has 0 bridgehead atoms. The number of carbonyl (C=O) groups excluding carboxylic acids is 2. The summed E-state index contributed by atoms with van der Waals surface area (Å²) >= 11 is 0. The highest BCUT2D eigenvalue weighted by Gasteiger charge is 2.31. The van der Waals surface area contributed by atoms with Gasteiger partial charge in [-0.25, -0.2) is 0 Å². The lowest BCUT2D eigenvalue weighted by molar-refractivity contribution is -0.138. The first-order valence-corrected chi connectivity index (χ1v) is 6.89. The monoisotopic (exact) mass is 302 g/mol. The van der Waals surface area contributed by atoms with E-state index in [1.165, 1.54) is 0 Å². The van der Waals surface area contributed by atoms with E-state index in [0.29, 0.717) is 32.9 Å². The third-order valence-electron chi connectivity index (χ3n) is 3.09. The van der Waals surface area contributed by atoms with Gasteiger partial charge < -0.3 is 24.8 Å². The topological polar surface area (TPSA) is 105 Å². The predicted molar refractivity (Wildman–Crippen MR) is 72.6 cm³/mol. The highest BCUT2D eigenvalue weighted by molar-refractivity contribution is 5.89. The summed E-state index contributed by atoms with van der Waals surface area (Å²) < 4.78 is 10.3. The first kappa shape index (κ1) is 17.4. The summed E-state index contributed by atoms with van der Waals surface area (Å²) in [4.78, 5) is 34.8. The van der Waals surface area contributed by atoms with Gasteiger partial charge in [0, 0.05) is 26.6 Å². The maximum Gasteiger partial charge on any atom is 0.305 e. The van der Waals surface area contributed by atoms with E-state index in [-0.39, 0.29) is 37.2 Å². The third-order valence-corrected chi connectivity index (χ3v) is 3.09. The number of aliphatic carboxylic acids is 1. The van der Waals surface area contributed by atoms with Crippen molar-refractivity contribution in [2.45, 2.75) is 12.8 Å². The van der Waals surface area contributed by atoms with Crippen LogP contribution in [0.4, 0.5) is 0 Å². The highest BCUT2D eigenvalue weighted by Crippen LogP contribution is 2.15. The normalized spacial score (nSPS) is 18.0. The van der Waals surface area contributed by atoms with Crippen LogP contribution >= 0.6 is 0 Å². The average molecular weight is 302 g/mol. The second-order valence-electron chi connectivity index (χ2n) is 4.83. The Labute approximate surface area is 123 Å². The number of amides is 2. The molecule has 1 heterocycles. The zero-order valence-corrected chi connectivity index (χ0v) is 12.2. The van der Waals surface area contributed by atoms with Crippen molar-refractivity contribution < 1.29 is 29.0 Å². The Morgan fingerprint density at radius 2 is 1.95 bits per heavy atom. The molecule has 2 N–H and O–H groups in total. The van der Waals surface area contributed by atoms with Gasteiger partial charge in [-0.1, -0.05) is 0 Å². The molecule has 0 aromatic heterocycles. The number of ether oxygens (including phenoxy) is 2. The molecule has 2 amide bonds. The molecule has 1 unspecified atom stereocenters. The molecule has 120 valence electrons. The van der Waals surface area contributed by atoms with Crippen molar-refractivity contribution in [1.29, 1.82) is 0 Å². The number of carboxylic acids is 1. The molecule has 0 aromatic rings. The molecule has 1 aliphatic heterocycles. The van der Waals surface area contributed by atoms with E-state index in [2.05, 4.69) is 5.32 Å². The van der Waals surface area contributed by atoms with Crippen LogP contribution in [-0.4, -0.2) is 74.4 Å². The van der Waals surface area contributed by atoms with Crippen LogP contribution in [0.3, 0.4) is 0 Å². The molecule has 0 saturated carbocycles. The van der Waals surface area contributed by atoms with E-state index in [9.17, 15) is 14.4 Å². The predicted octanol–water partition coefficient (Wildman–Crippen LogP) is -0.911. The quantitative estimate of drug-likeness (QED) is 0.506. The number of nitrogens with one attached hydrogen (secondary N) is 1. The fourth-order valence-electron chi connectivity index (χ4n) is 1.91. The lowest BCUT2D eigenvalue weighted by Gasteiger charge is -2.11. The van der Waals surface area contributed by atoms with Gasteiger partial charge in [-0.05, 0) is 0 Å². The Hall–Kier alpha value is -1.67. The van der Waals surface area contributed by atoms with Crippen molar-refractivity contribution in [3.05, 3.63) is 0 Å². The molecule has 0 aromatic carbocycles. The lowest BCUT2D eigenvalue weighted by Crippen LogP contribution is -2.34. The molecule has 1 fully saturated rings. The first-order valence-electron chi connectivity index (χ1n) is 6.89. The average Bonchev–Trinajstić information content (AvgIpc) is 2.76. The van der Waals surface area contributed by atoms with E-state index >= 15 is 0 Å². The maximum absolute atomic E-state index is 11.7. The van der Waals surface area contributed by atoms with Crippen molar-refractivity contribution in [2.75, 3.05) is 46.6 Å². The van der Waals surface area contributed by atoms with Crippen molar-refractivity contribution in [3.8, 4) is 0 Å². The summed E-state index contributed by atoms with van der Waals surface area (Å²) in [7, 11) is 1.68. The summed E-state index contributed by atoms with van der Waals surface area (Å²) in [5.74, 6) is -1.31. The minimum atomic E-state index is -0.894. The van der Waals surface area contributed by atoms with Gasteiger partial charge in [-0.15, -0.1) is 0 Å². The standard InChI is InChI=1S/C13H22N2O6/c1-15-9-10(8-11(15)16)13(19)14-3-5-21-7-6-20-4-2-12(17)18/h10H,2-9H2,1H3,(H,14,19)(H,17,18). The molecule has 1 aliphatic rings.